The number of aliphatic hydroxyl groups is 1. The van der Waals surface area contributed by atoms with Gasteiger partial charge in [-0.15, -0.1) is 11.3 Å². The van der Waals surface area contributed by atoms with Crippen LogP contribution in [0, 0.1) is 5.41 Å². The van der Waals surface area contributed by atoms with Crippen LogP contribution in [0.4, 0.5) is 0 Å². The molecule has 0 saturated carbocycles. The van der Waals surface area contributed by atoms with E-state index in [4.69, 9.17) is 10.1 Å². The van der Waals surface area contributed by atoms with Gasteiger partial charge < -0.3 is 14.7 Å². The Balaban J connectivity index is 1.46. The minimum Gasteiger partial charge on any atom is -0.510 e. The van der Waals surface area contributed by atoms with Gasteiger partial charge in [0, 0.05) is 17.5 Å². The Hall–Kier alpha value is -3.45. The van der Waals surface area contributed by atoms with Crippen LogP contribution < -0.4 is 0 Å². The normalized spacial score (nSPS) is 13.9. The van der Waals surface area contributed by atoms with Crippen LogP contribution in [0.1, 0.15) is 34.8 Å². The Kier molecular flexibility index (Phi) is 5.86. The molecule has 4 rings (SSSR count). The number of nitrogens with zero attached hydrogens (tertiary/aromatic N) is 2. The van der Waals surface area contributed by atoms with Crippen molar-refractivity contribution in [2.24, 2.45) is 0 Å². The van der Waals surface area contributed by atoms with Gasteiger partial charge in [-0.2, -0.15) is 0 Å². The van der Waals surface area contributed by atoms with Crippen molar-refractivity contribution in [3.05, 3.63) is 81.9 Å². The largest absolute Gasteiger partial charge is 0.510 e. The number of carbonyl (C=O) groups excluding carboxylic acids is 1. The molecule has 0 atom stereocenters. The number of benzene rings is 2. The van der Waals surface area contributed by atoms with Gasteiger partial charge in [-0.1, -0.05) is 42.5 Å². The van der Waals surface area contributed by atoms with Crippen LogP contribution in [0.5, 0.6) is 0 Å². The lowest BCUT2D eigenvalue weighted by Gasteiger charge is -2.18. The summed E-state index contributed by atoms with van der Waals surface area (Å²) in [5.74, 6) is 0.0425. The second kappa shape index (κ2) is 8.73. The summed E-state index contributed by atoms with van der Waals surface area (Å²) in [7, 11) is 0. The molecule has 1 aromatic heterocycles. The Morgan fingerprint density at radius 3 is 2.58 bits per heavy atom. The van der Waals surface area contributed by atoms with Crippen LogP contribution >= 0.6 is 11.3 Å². The van der Waals surface area contributed by atoms with Crippen molar-refractivity contribution in [2.45, 2.75) is 26.5 Å². The maximum absolute atomic E-state index is 12.0. The molecule has 31 heavy (non-hydrogen) atoms. The van der Waals surface area contributed by atoms with Crippen molar-refractivity contribution in [1.82, 2.24) is 9.88 Å². The molecule has 7 heteroatoms. The second-order valence-corrected chi connectivity index (χ2v) is 8.44. The molecule has 1 aliphatic heterocycles. The van der Waals surface area contributed by atoms with Gasteiger partial charge in [0.15, 0.2) is 0 Å². The third-order valence-electron chi connectivity index (χ3n) is 4.88. The summed E-state index contributed by atoms with van der Waals surface area (Å²) in [6.07, 6.45) is -0.169. The molecule has 2 aromatic carbocycles. The van der Waals surface area contributed by atoms with E-state index in [1.54, 1.807) is 17.0 Å². The first-order chi connectivity index (χ1) is 14.9. The maximum Gasteiger partial charge on any atom is 0.338 e. The summed E-state index contributed by atoms with van der Waals surface area (Å²) in [6.45, 7) is 4.33. The van der Waals surface area contributed by atoms with Crippen LogP contribution in [-0.4, -0.2) is 39.4 Å². The van der Waals surface area contributed by atoms with E-state index in [0.717, 1.165) is 16.8 Å². The molecule has 3 aromatic rings. The number of ether oxygens (including phenoxy) is 1. The summed E-state index contributed by atoms with van der Waals surface area (Å²) in [5, 5.41) is 21.7. The molecule has 1 aliphatic rings. The lowest BCUT2D eigenvalue weighted by atomic mass is 10.1. The molecular formula is C24H23N3O3S. The summed E-state index contributed by atoms with van der Waals surface area (Å²) in [6, 6.07) is 17.0. The summed E-state index contributed by atoms with van der Waals surface area (Å²) in [4.78, 5) is 18.4. The van der Waals surface area contributed by atoms with Gasteiger partial charge in [-0.3, -0.25) is 5.41 Å². The lowest BCUT2D eigenvalue weighted by molar-refractivity contribution is 0.0378. The van der Waals surface area contributed by atoms with Crippen molar-refractivity contribution in [3.8, 4) is 11.3 Å². The van der Waals surface area contributed by atoms with E-state index in [0.29, 0.717) is 22.7 Å². The number of amidine groups is 1. The summed E-state index contributed by atoms with van der Waals surface area (Å²) >= 11 is 1.42. The zero-order chi connectivity index (χ0) is 22.0. The quantitative estimate of drug-likeness (QED) is 0.526. The van der Waals surface area contributed by atoms with Crippen LogP contribution in [0.2, 0.25) is 0 Å². The minimum absolute atomic E-state index is 0.149. The molecule has 0 bridgehead atoms. The first kappa shape index (κ1) is 20.8. The monoisotopic (exact) mass is 433 g/mol. The summed E-state index contributed by atoms with van der Waals surface area (Å²) in [5.41, 5.74) is 3.73. The first-order valence-electron chi connectivity index (χ1n) is 9.99. The van der Waals surface area contributed by atoms with Gasteiger partial charge in [0.05, 0.1) is 29.5 Å². The van der Waals surface area contributed by atoms with Gasteiger partial charge in [-0.05, 0) is 31.5 Å². The zero-order valence-corrected chi connectivity index (χ0v) is 18.1. The molecule has 0 saturated heterocycles. The Morgan fingerprint density at radius 1 is 1.19 bits per heavy atom. The maximum atomic E-state index is 12.0. The molecule has 2 N–H and O–H groups in total. The number of aromatic nitrogens is 1. The topological polar surface area (TPSA) is 86.5 Å². The molecule has 0 unspecified atom stereocenters. The smallest absolute Gasteiger partial charge is 0.338 e. The number of thiazole rings is 1. The van der Waals surface area contributed by atoms with E-state index < -0.39 is 0 Å². The Morgan fingerprint density at radius 2 is 1.90 bits per heavy atom. The fourth-order valence-electron chi connectivity index (χ4n) is 3.37. The van der Waals surface area contributed by atoms with E-state index in [2.05, 4.69) is 4.98 Å². The third kappa shape index (κ3) is 4.51. The van der Waals surface area contributed by atoms with Crippen molar-refractivity contribution in [1.29, 1.82) is 5.41 Å². The van der Waals surface area contributed by atoms with Gasteiger partial charge in [-0.25, -0.2) is 9.78 Å². The van der Waals surface area contributed by atoms with Crippen LogP contribution in [0.3, 0.4) is 0 Å². The van der Waals surface area contributed by atoms with Crippen molar-refractivity contribution < 1.29 is 14.6 Å². The molecule has 2 heterocycles. The average Bonchev–Trinajstić information content (AvgIpc) is 3.33. The van der Waals surface area contributed by atoms with Crippen molar-refractivity contribution in [3.63, 3.8) is 0 Å². The third-order valence-corrected chi connectivity index (χ3v) is 5.74. The predicted octanol–water partition coefficient (Wildman–Crippen LogP) is 5.14. The molecular weight excluding hydrogens is 410 g/mol. The Bertz CT molecular complexity index is 1130. The van der Waals surface area contributed by atoms with Crippen molar-refractivity contribution >= 4 is 28.7 Å². The molecule has 6 nitrogen and oxygen atoms in total. The van der Waals surface area contributed by atoms with E-state index in [1.165, 1.54) is 11.3 Å². The summed E-state index contributed by atoms with van der Waals surface area (Å²) < 4.78 is 5.21. The number of carbonyl (C=O) groups is 1. The number of hydrogen-bond acceptors (Lipinski definition) is 6. The average molecular weight is 434 g/mol. The van der Waals surface area contributed by atoms with Gasteiger partial charge in [0.1, 0.15) is 16.6 Å². The SMILES string of the molecule is CC(C)OC(=O)c1ccc(CN2CC(O)=C(c3nc(-c4ccccc4)cs3)C2=N)cc1. The molecule has 0 radical (unpaired) electrons. The second-order valence-electron chi connectivity index (χ2n) is 7.58. The number of nitrogens with one attached hydrogen (secondary N) is 1. The highest BCUT2D eigenvalue weighted by atomic mass is 32.1. The van der Waals surface area contributed by atoms with E-state index in [-0.39, 0.29) is 30.2 Å². The Labute approximate surface area is 185 Å². The number of rotatable bonds is 6. The van der Waals surface area contributed by atoms with Gasteiger partial charge >= 0.3 is 5.97 Å². The van der Waals surface area contributed by atoms with Crippen molar-refractivity contribution in [2.75, 3.05) is 6.54 Å². The molecule has 158 valence electrons. The predicted molar refractivity (Wildman–Crippen MR) is 122 cm³/mol. The lowest BCUT2D eigenvalue weighted by Crippen LogP contribution is -2.26. The number of aliphatic hydroxyl groups excluding tert-OH is 1. The van der Waals surface area contributed by atoms with Gasteiger partial charge in [0.2, 0.25) is 0 Å². The standard InChI is InChI=1S/C24H23N3O3S/c1-15(2)30-24(29)18-10-8-16(9-11-18)12-27-13-20(28)21(22(27)25)23-26-19(14-31-23)17-6-4-3-5-7-17/h3-11,14-15,25,28H,12-13H2,1-2H3. The molecule has 0 aliphatic carbocycles. The van der Waals surface area contributed by atoms with Gasteiger partial charge in [0.25, 0.3) is 0 Å². The zero-order valence-electron chi connectivity index (χ0n) is 17.3. The van der Waals surface area contributed by atoms with Crippen LogP contribution in [-0.2, 0) is 11.3 Å². The number of hydrogen-bond donors (Lipinski definition) is 2. The fourth-order valence-corrected chi connectivity index (χ4v) is 4.27. The van der Waals surface area contributed by atoms with Crippen LogP contribution in [0.15, 0.2) is 65.7 Å². The van der Waals surface area contributed by atoms with E-state index in [1.807, 2.05) is 61.7 Å². The van der Waals surface area contributed by atoms with Crippen LogP contribution in [0.25, 0.3) is 16.8 Å². The molecule has 0 amide bonds. The van der Waals surface area contributed by atoms with E-state index >= 15 is 0 Å². The molecule has 0 spiro atoms. The first-order valence-corrected chi connectivity index (χ1v) is 10.9. The van der Waals surface area contributed by atoms with E-state index in [9.17, 15) is 9.90 Å². The minimum atomic E-state index is -0.352. The molecule has 0 fully saturated rings. The highest BCUT2D eigenvalue weighted by Gasteiger charge is 2.30. The number of esters is 1. The highest BCUT2D eigenvalue weighted by molar-refractivity contribution is 7.11. The highest BCUT2D eigenvalue weighted by Crippen LogP contribution is 2.32. The fraction of sp³-hybridized carbons (Fsp3) is 0.208.